The van der Waals surface area contributed by atoms with Gasteiger partial charge in [-0.1, -0.05) is 13.8 Å². The third-order valence-electron chi connectivity index (χ3n) is 2.13. The number of carbonyl (C=O) groups excluding carboxylic acids is 1. The first-order valence-electron chi connectivity index (χ1n) is 5.18. The smallest absolute Gasteiger partial charge is 0.338 e. The van der Waals surface area contributed by atoms with E-state index < -0.39 is 0 Å². The van der Waals surface area contributed by atoms with Crippen molar-refractivity contribution in [3.63, 3.8) is 0 Å². The highest BCUT2D eigenvalue weighted by Gasteiger charge is 2.11. The van der Waals surface area contributed by atoms with Crippen LogP contribution in [0.2, 0.25) is 0 Å². The van der Waals surface area contributed by atoms with Gasteiger partial charge in [-0.2, -0.15) is 0 Å². The van der Waals surface area contributed by atoms with E-state index in [2.05, 4.69) is 0 Å². The Balaban J connectivity index is 2.87. The summed E-state index contributed by atoms with van der Waals surface area (Å²) in [4.78, 5) is 11.6. The van der Waals surface area contributed by atoms with Crippen LogP contribution in [-0.4, -0.2) is 17.7 Å². The van der Waals surface area contributed by atoms with Crippen molar-refractivity contribution in [1.82, 2.24) is 0 Å². The van der Waals surface area contributed by atoms with Crippen LogP contribution < -0.4 is 0 Å². The maximum absolute atomic E-state index is 11.6. The summed E-state index contributed by atoms with van der Waals surface area (Å²) in [5.41, 5.74) is 1.36. The summed E-state index contributed by atoms with van der Waals surface area (Å²) in [7, 11) is 0. The lowest BCUT2D eigenvalue weighted by Gasteiger charge is -2.07. The van der Waals surface area contributed by atoms with E-state index in [0.29, 0.717) is 18.6 Å². The summed E-state index contributed by atoms with van der Waals surface area (Å²) in [6, 6.07) is 4.70. The quantitative estimate of drug-likeness (QED) is 0.773. The van der Waals surface area contributed by atoms with Crippen molar-refractivity contribution < 1.29 is 14.6 Å². The van der Waals surface area contributed by atoms with Gasteiger partial charge in [-0.05, 0) is 36.6 Å². The van der Waals surface area contributed by atoms with Gasteiger partial charge in [-0.3, -0.25) is 0 Å². The molecule has 0 radical (unpaired) electrons. The minimum atomic E-state index is -0.311. The number of aryl methyl sites for hydroxylation is 1. The molecule has 0 saturated heterocycles. The molecule has 3 nitrogen and oxygen atoms in total. The zero-order valence-electron chi connectivity index (χ0n) is 9.12. The maximum Gasteiger partial charge on any atom is 0.338 e. The molecule has 0 spiro atoms. The molecule has 82 valence electrons. The van der Waals surface area contributed by atoms with E-state index >= 15 is 0 Å². The van der Waals surface area contributed by atoms with Crippen LogP contribution in [0.5, 0.6) is 5.75 Å². The van der Waals surface area contributed by atoms with Crippen molar-refractivity contribution >= 4 is 5.97 Å². The molecule has 1 rings (SSSR count). The SMILES string of the molecule is CCCOC(=O)c1ccc(O)cc1CC. The summed E-state index contributed by atoms with van der Waals surface area (Å²) in [5.74, 6) is -0.132. The van der Waals surface area contributed by atoms with Crippen LogP contribution in [0.25, 0.3) is 0 Å². The summed E-state index contributed by atoms with van der Waals surface area (Å²) in [5, 5.41) is 9.27. The van der Waals surface area contributed by atoms with Gasteiger partial charge in [0.1, 0.15) is 5.75 Å². The number of esters is 1. The Morgan fingerprint density at radius 3 is 2.73 bits per heavy atom. The minimum Gasteiger partial charge on any atom is -0.508 e. The Morgan fingerprint density at radius 2 is 2.13 bits per heavy atom. The van der Waals surface area contributed by atoms with Crippen molar-refractivity contribution in [1.29, 1.82) is 0 Å². The lowest BCUT2D eigenvalue weighted by molar-refractivity contribution is 0.0504. The number of rotatable bonds is 4. The van der Waals surface area contributed by atoms with E-state index in [1.165, 1.54) is 6.07 Å². The lowest BCUT2D eigenvalue weighted by Crippen LogP contribution is -2.08. The molecule has 0 bridgehead atoms. The number of carbonyl (C=O) groups is 1. The van der Waals surface area contributed by atoms with Crippen molar-refractivity contribution in [3.8, 4) is 5.75 Å². The third-order valence-corrected chi connectivity index (χ3v) is 2.13. The maximum atomic E-state index is 11.6. The molecule has 1 N–H and O–H groups in total. The van der Waals surface area contributed by atoms with Crippen LogP contribution >= 0.6 is 0 Å². The average Bonchev–Trinajstić information content (AvgIpc) is 2.25. The second-order valence-corrected chi connectivity index (χ2v) is 3.33. The fraction of sp³-hybridized carbons (Fsp3) is 0.417. The second-order valence-electron chi connectivity index (χ2n) is 3.33. The minimum absolute atomic E-state index is 0.180. The van der Waals surface area contributed by atoms with Crippen LogP contribution in [-0.2, 0) is 11.2 Å². The molecule has 15 heavy (non-hydrogen) atoms. The molecule has 0 aromatic heterocycles. The van der Waals surface area contributed by atoms with E-state index in [-0.39, 0.29) is 11.7 Å². The Kier molecular flexibility index (Phi) is 4.16. The molecule has 1 aromatic carbocycles. The molecule has 0 saturated carbocycles. The highest BCUT2D eigenvalue weighted by molar-refractivity contribution is 5.91. The molecule has 1 aromatic rings. The first-order chi connectivity index (χ1) is 7.19. The third kappa shape index (κ3) is 2.98. The van der Waals surface area contributed by atoms with E-state index in [4.69, 9.17) is 4.74 Å². The van der Waals surface area contributed by atoms with Gasteiger partial charge >= 0.3 is 5.97 Å². The molecular formula is C12H16O3. The standard InChI is InChI=1S/C12H16O3/c1-3-7-15-12(14)11-6-5-10(13)8-9(11)4-2/h5-6,8,13H,3-4,7H2,1-2H3. The molecule has 0 aliphatic rings. The number of hydrogen-bond acceptors (Lipinski definition) is 3. The summed E-state index contributed by atoms with van der Waals surface area (Å²) < 4.78 is 5.04. The van der Waals surface area contributed by atoms with Crippen molar-refractivity contribution in [3.05, 3.63) is 29.3 Å². The van der Waals surface area contributed by atoms with Gasteiger partial charge in [0, 0.05) is 0 Å². The number of phenolic OH excluding ortho intramolecular Hbond substituents is 1. The zero-order valence-corrected chi connectivity index (χ0v) is 9.12. The van der Waals surface area contributed by atoms with E-state index in [9.17, 15) is 9.90 Å². The average molecular weight is 208 g/mol. The molecule has 0 aliphatic heterocycles. The predicted molar refractivity (Wildman–Crippen MR) is 58.1 cm³/mol. The van der Waals surface area contributed by atoms with Crippen molar-refractivity contribution in [2.45, 2.75) is 26.7 Å². The lowest BCUT2D eigenvalue weighted by atomic mass is 10.1. The van der Waals surface area contributed by atoms with Gasteiger partial charge in [-0.25, -0.2) is 4.79 Å². The zero-order chi connectivity index (χ0) is 11.3. The van der Waals surface area contributed by atoms with Gasteiger partial charge in [0.15, 0.2) is 0 Å². The van der Waals surface area contributed by atoms with Crippen LogP contribution in [0.3, 0.4) is 0 Å². The topological polar surface area (TPSA) is 46.5 Å². The molecule has 0 aliphatic carbocycles. The second kappa shape index (κ2) is 5.39. The van der Waals surface area contributed by atoms with E-state index in [1.807, 2.05) is 13.8 Å². The molecule has 0 fully saturated rings. The normalized spacial score (nSPS) is 10.0. The van der Waals surface area contributed by atoms with Gasteiger partial charge in [0.2, 0.25) is 0 Å². The number of aromatic hydroxyl groups is 1. The predicted octanol–water partition coefficient (Wildman–Crippen LogP) is 2.52. The van der Waals surface area contributed by atoms with E-state index in [0.717, 1.165) is 12.0 Å². The number of ether oxygens (including phenoxy) is 1. The van der Waals surface area contributed by atoms with E-state index in [1.54, 1.807) is 12.1 Å². The molecular weight excluding hydrogens is 192 g/mol. The molecule has 0 amide bonds. The number of phenols is 1. The molecule has 0 atom stereocenters. The largest absolute Gasteiger partial charge is 0.508 e. The van der Waals surface area contributed by atoms with Crippen molar-refractivity contribution in [2.75, 3.05) is 6.61 Å². The first kappa shape index (κ1) is 11.6. The summed E-state index contributed by atoms with van der Waals surface area (Å²) >= 11 is 0. The fourth-order valence-corrected chi connectivity index (χ4v) is 1.34. The van der Waals surface area contributed by atoms with Crippen LogP contribution in [0, 0.1) is 0 Å². The summed E-state index contributed by atoms with van der Waals surface area (Å²) in [6.45, 7) is 4.32. The van der Waals surface area contributed by atoms with Crippen LogP contribution in [0.1, 0.15) is 36.2 Å². The Bertz CT molecular complexity index is 345. The van der Waals surface area contributed by atoms with Gasteiger partial charge in [-0.15, -0.1) is 0 Å². The number of benzene rings is 1. The number of hydrogen-bond donors (Lipinski definition) is 1. The first-order valence-corrected chi connectivity index (χ1v) is 5.18. The highest BCUT2D eigenvalue weighted by Crippen LogP contribution is 2.18. The Labute approximate surface area is 89.7 Å². The van der Waals surface area contributed by atoms with Gasteiger partial charge in [0.05, 0.1) is 12.2 Å². The molecule has 3 heteroatoms. The molecule has 0 heterocycles. The van der Waals surface area contributed by atoms with Crippen LogP contribution in [0.15, 0.2) is 18.2 Å². The van der Waals surface area contributed by atoms with Crippen LogP contribution in [0.4, 0.5) is 0 Å². The van der Waals surface area contributed by atoms with Gasteiger partial charge in [0.25, 0.3) is 0 Å². The molecule has 0 unspecified atom stereocenters. The van der Waals surface area contributed by atoms with Gasteiger partial charge < -0.3 is 9.84 Å². The summed E-state index contributed by atoms with van der Waals surface area (Å²) in [6.07, 6.45) is 1.51. The Morgan fingerprint density at radius 1 is 1.40 bits per heavy atom. The highest BCUT2D eigenvalue weighted by atomic mass is 16.5. The van der Waals surface area contributed by atoms with Crippen molar-refractivity contribution in [2.24, 2.45) is 0 Å². The fourth-order valence-electron chi connectivity index (χ4n) is 1.34. The monoisotopic (exact) mass is 208 g/mol. The Hall–Kier alpha value is -1.51.